The Morgan fingerprint density at radius 3 is 1.20 bits per heavy atom. The van der Waals surface area contributed by atoms with Gasteiger partial charge in [0, 0.05) is 36.5 Å². The molecule has 5 heavy (non-hydrogen) atoms. The summed E-state index contributed by atoms with van der Waals surface area (Å²) in [5.74, 6) is 0. The smallest absolute Gasteiger partial charge is 0.0516 e. The first-order valence-corrected chi connectivity index (χ1v) is 3.59. The minimum atomic E-state index is 0. The monoisotopic (exact) mass is 395 g/mol. The van der Waals surface area contributed by atoms with Gasteiger partial charge in [0.1, 0.15) is 0 Å². The molecule has 0 aromatic heterocycles. The molecule has 0 heterocycles. The van der Waals surface area contributed by atoms with Gasteiger partial charge in [0.25, 0.3) is 0 Å². The fourth-order valence-corrected chi connectivity index (χ4v) is 0. The van der Waals surface area contributed by atoms with E-state index in [1.807, 2.05) is 0 Å². The SMILES string of the molecule is ICI.[Cu].[Zn]. The van der Waals surface area contributed by atoms with Crippen molar-refractivity contribution in [2.45, 2.75) is 0 Å². The summed E-state index contributed by atoms with van der Waals surface area (Å²) in [6, 6.07) is 0. The Morgan fingerprint density at radius 1 is 1.20 bits per heavy atom. The second-order valence-electron chi connectivity index (χ2n) is 0.101. The fourth-order valence-electron chi connectivity index (χ4n) is 0. The van der Waals surface area contributed by atoms with Crippen molar-refractivity contribution in [3.05, 3.63) is 0 Å². The van der Waals surface area contributed by atoms with Crippen LogP contribution in [-0.2, 0) is 36.5 Å². The predicted molar refractivity (Wildman–Crippen MR) is 32.9 cm³/mol. The molecule has 33 valence electrons. The van der Waals surface area contributed by atoms with E-state index >= 15 is 0 Å². The molecule has 0 saturated carbocycles. The van der Waals surface area contributed by atoms with Crippen molar-refractivity contribution < 1.29 is 36.5 Å². The summed E-state index contributed by atoms with van der Waals surface area (Å²) in [6.07, 6.45) is 0. The van der Waals surface area contributed by atoms with E-state index in [9.17, 15) is 0 Å². The molecule has 0 aliphatic rings. The van der Waals surface area contributed by atoms with Crippen molar-refractivity contribution in [3.63, 3.8) is 0 Å². The van der Waals surface area contributed by atoms with Crippen molar-refractivity contribution in [2.75, 3.05) is 2.43 Å². The van der Waals surface area contributed by atoms with Crippen molar-refractivity contribution in [2.24, 2.45) is 0 Å². The van der Waals surface area contributed by atoms with Gasteiger partial charge in [0.05, 0.1) is 2.43 Å². The van der Waals surface area contributed by atoms with Crippen LogP contribution >= 0.6 is 45.2 Å². The van der Waals surface area contributed by atoms with Gasteiger partial charge in [-0.05, 0) is 0 Å². The molecule has 4 heteroatoms. The number of hydrogen-bond donors (Lipinski definition) is 0. The van der Waals surface area contributed by atoms with E-state index in [2.05, 4.69) is 45.2 Å². The van der Waals surface area contributed by atoms with E-state index in [-0.39, 0.29) is 36.5 Å². The Hall–Kier alpha value is 2.60. The molecular formula is CH2CuI2Zn. The first kappa shape index (κ1) is 15.6. The van der Waals surface area contributed by atoms with Crippen LogP contribution in [0.2, 0.25) is 0 Å². The van der Waals surface area contributed by atoms with Crippen LogP contribution in [0.4, 0.5) is 0 Å². The molecule has 0 unspecified atom stereocenters. The fraction of sp³-hybridized carbons (Fsp3) is 1.00. The Balaban J connectivity index is -0.0000000200. The summed E-state index contributed by atoms with van der Waals surface area (Å²) in [4.78, 5) is 0. The number of alkyl halides is 2. The van der Waals surface area contributed by atoms with Crippen molar-refractivity contribution in [1.29, 1.82) is 0 Å². The van der Waals surface area contributed by atoms with Gasteiger partial charge in [-0.1, -0.05) is 45.2 Å². The maximum atomic E-state index is 2.28. The Kier molecular flexibility index (Phi) is 50.0. The van der Waals surface area contributed by atoms with Crippen LogP contribution in [0.3, 0.4) is 0 Å². The third-order valence-electron chi connectivity index (χ3n) is 0. The molecule has 0 aromatic carbocycles. The van der Waals surface area contributed by atoms with Gasteiger partial charge in [-0.2, -0.15) is 0 Å². The van der Waals surface area contributed by atoms with Crippen LogP contribution in [0.15, 0.2) is 0 Å². The third kappa shape index (κ3) is 20.6. The standard InChI is InChI=1S/CH2I2.Cu.Zn/c2-1-3;;/h1H2;;. The van der Waals surface area contributed by atoms with Crippen LogP contribution < -0.4 is 0 Å². The van der Waals surface area contributed by atoms with Crippen LogP contribution in [0, 0.1) is 0 Å². The largest absolute Gasteiger partial charge is 0.0748 e. The van der Waals surface area contributed by atoms with E-state index < -0.39 is 0 Å². The number of rotatable bonds is 0. The molecule has 0 fully saturated rings. The molecule has 0 bridgehead atoms. The molecule has 1 radical (unpaired) electrons. The first-order chi connectivity index (χ1) is 1.41. The average Bonchev–Trinajstić information content (AvgIpc) is 0.918. The van der Waals surface area contributed by atoms with Gasteiger partial charge in [0.15, 0.2) is 0 Å². The van der Waals surface area contributed by atoms with Gasteiger partial charge in [-0.25, -0.2) is 0 Å². The Bertz CT molecular complexity index is 9.61. The van der Waals surface area contributed by atoms with Gasteiger partial charge in [-0.15, -0.1) is 0 Å². The predicted octanol–water partition coefficient (Wildman–Crippen LogP) is 1.81. The normalized spacial score (nSPS) is 3.60. The first-order valence-electron chi connectivity index (χ1n) is 0.535. The summed E-state index contributed by atoms with van der Waals surface area (Å²) >= 11 is 4.55. The second kappa shape index (κ2) is 16.0. The Morgan fingerprint density at radius 2 is 1.20 bits per heavy atom. The molecule has 0 rings (SSSR count). The van der Waals surface area contributed by atoms with Gasteiger partial charge >= 0.3 is 0 Å². The molecule has 0 aliphatic carbocycles. The molecule has 0 atom stereocenters. The zero-order valence-corrected chi connectivity index (χ0v) is 10.7. The molecule has 0 aromatic rings. The van der Waals surface area contributed by atoms with E-state index in [4.69, 9.17) is 0 Å². The van der Waals surface area contributed by atoms with E-state index in [0.717, 1.165) is 0 Å². The zero-order valence-electron chi connectivity index (χ0n) is 2.47. The van der Waals surface area contributed by atoms with E-state index in [0.29, 0.717) is 0 Å². The quantitative estimate of drug-likeness (QED) is 0.333. The van der Waals surface area contributed by atoms with Crippen LogP contribution in [-0.4, -0.2) is 2.43 Å². The third-order valence-corrected chi connectivity index (χ3v) is 0. The van der Waals surface area contributed by atoms with Crippen LogP contribution in [0.1, 0.15) is 0 Å². The molecule has 0 amide bonds. The van der Waals surface area contributed by atoms with E-state index in [1.54, 1.807) is 0 Å². The van der Waals surface area contributed by atoms with Gasteiger partial charge < -0.3 is 0 Å². The summed E-state index contributed by atoms with van der Waals surface area (Å²) in [5.41, 5.74) is 0. The van der Waals surface area contributed by atoms with Crippen molar-refractivity contribution in [3.8, 4) is 0 Å². The van der Waals surface area contributed by atoms with Crippen molar-refractivity contribution >= 4 is 45.2 Å². The van der Waals surface area contributed by atoms with Crippen LogP contribution in [0.5, 0.6) is 0 Å². The number of halogens is 2. The average molecular weight is 397 g/mol. The van der Waals surface area contributed by atoms with Gasteiger partial charge in [-0.3, -0.25) is 0 Å². The topological polar surface area (TPSA) is 0 Å². The molecular weight excluding hydrogens is 395 g/mol. The zero-order chi connectivity index (χ0) is 2.71. The minimum absolute atomic E-state index is 0. The summed E-state index contributed by atoms with van der Waals surface area (Å²) in [6.45, 7) is 0. The molecule has 0 N–H and O–H groups in total. The summed E-state index contributed by atoms with van der Waals surface area (Å²) < 4.78 is 1.19. The molecule has 0 aliphatic heterocycles. The summed E-state index contributed by atoms with van der Waals surface area (Å²) in [7, 11) is 0. The van der Waals surface area contributed by atoms with Crippen molar-refractivity contribution in [1.82, 2.24) is 0 Å². The number of hydrogen-bond acceptors (Lipinski definition) is 0. The van der Waals surface area contributed by atoms with E-state index in [1.165, 1.54) is 2.43 Å². The maximum Gasteiger partial charge on any atom is 0.0516 e. The molecule has 0 saturated heterocycles. The van der Waals surface area contributed by atoms with Crippen LogP contribution in [0.25, 0.3) is 0 Å². The minimum Gasteiger partial charge on any atom is -0.0748 e. The molecule has 0 spiro atoms. The summed E-state index contributed by atoms with van der Waals surface area (Å²) in [5, 5.41) is 0. The maximum absolute atomic E-state index is 2.28. The molecule has 0 nitrogen and oxygen atoms in total. The second-order valence-corrected chi connectivity index (χ2v) is 4.55. The van der Waals surface area contributed by atoms with Gasteiger partial charge in [0.2, 0.25) is 0 Å². The Labute approximate surface area is 82.7 Å².